The van der Waals surface area contributed by atoms with Crippen molar-refractivity contribution in [3.05, 3.63) is 114 Å². The van der Waals surface area contributed by atoms with Gasteiger partial charge in [0.1, 0.15) is 17.2 Å². The zero-order chi connectivity index (χ0) is 27.7. The maximum atomic E-state index is 13.7. The molecule has 1 amide bonds. The molecule has 8 heteroatoms. The van der Waals surface area contributed by atoms with E-state index in [1.807, 2.05) is 61.5 Å². The van der Waals surface area contributed by atoms with Crippen LogP contribution in [0.4, 0.5) is 10.1 Å². The van der Waals surface area contributed by atoms with Gasteiger partial charge >= 0.3 is 0 Å². The van der Waals surface area contributed by atoms with Crippen molar-refractivity contribution in [3.63, 3.8) is 0 Å². The highest BCUT2D eigenvalue weighted by atomic mass is 32.2. The molecule has 0 fully saturated rings. The lowest BCUT2D eigenvalue weighted by Crippen LogP contribution is -2.30. The molecule has 0 bridgehead atoms. The number of anilines is 1. The van der Waals surface area contributed by atoms with Crippen LogP contribution in [0.2, 0.25) is 0 Å². The molecule has 39 heavy (non-hydrogen) atoms. The first-order valence-corrected chi connectivity index (χ1v) is 14.2. The van der Waals surface area contributed by atoms with E-state index >= 15 is 0 Å². The molecule has 1 heterocycles. The number of nitrogens with zero attached hydrogens (tertiary/aromatic N) is 1. The van der Waals surface area contributed by atoms with Gasteiger partial charge in [-0.05, 0) is 53.9 Å². The molecule has 0 saturated carbocycles. The number of nitrogens with one attached hydrogen (secondary N) is 1. The van der Waals surface area contributed by atoms with E-state index in [1.54, 1.807) is 24.3 Å². The van der Waals surface area contributed by atoms with E-state index < -0.39 is 15.8 Å². The van der Waals surface area contributed by atoms with Crippen LogP contribution < -0.4 is 9.62 Å². The van der Waals surface area contributed by atoms with Gasteiger partial charge in [0.2, 0.25) is 10.0 Å². The van der Waals surface area contributed by atoms with E-state index in [4.69, 9.17) is 4.42 Å². The zero-order valence-corrected chi connectivity index (χ0v) is 22.6. The molecule has 198 valence electrons. The summed E-state index contributed by atoms with van der Waals surface area (Å²) < 4.78 is 47.7. The van der Waals surface area contributed by atoms with E-state index in [0.29, 0.717) is 27.8 Å². The van der Waals surface area contributed by atoms with Gasteiger partial charge in [-0.1, -0.05) is 54.6 Å². The molecular formula is C31H27FN2O4S. The predicted octanol–water partition coefficient (Wildman–Crippen LogP) is 6.54. The van der Waals surface area contributed by atoms with Gasteiger partial charge in [-0.15, -0.1) is 0 Å². The van der Waals surface area contributed by atoms with Crippen molar-refractivity contribution >= 4 is 32.6 Å². The summed E-state index contributed by atoms with van der Waals surface area (Å²) in [5.74, 6) is -0.518. The normalized spacial score (nSPS) is 11.5. The van der Waals surface area contributed by atoms with E-state index in [-0.39, 0.29) is 23.8 Å². The fraction of sp³-hybridized carbons (Fsp3) is 0.129. The van der Waals surface area contributed by atoms with Crippen LogP contribution in [0.5, 0.6) is 0 Å². The minimum absolute atomic E-state index is 0.116. The lowest BCUT2D eigenvalue weighted by atomic mass is 9.98. The Morgan fingerprint density at radius 1 is 0.923 bits per heavy atom. The second kappa shape index (κ2) is 10.4. The summed E-state index contributed by atoms with van der Waals surface area (Å²) in [4.78, 5) is 13.1. The molecule has 0 aliphatic rings. The Hall–Kier alpha value is -4.43. The van der Waals surface area contributed by atoms with Gasteiger partial charge in [0, 0.05) is 29.6 Å². The average Bonchev–Trinajstić information content (AvgIpc) is 3.30. The topological polar surface area (TPSA) is 79.6 Å². The number of sulfonamides is 1. The number of hydrogen-bond acceptors (Lipinski definition) is 4. The standard InChI is InChI=1S/C31H27FN2O4S/c1-20-9-7-8-12-23(20)19-34(39(3,36)37)27-18-28-26(17-25(27)21-10-5-4-6-11-21)29(31(35)33-2)30(38-28)22-13-15-24(32)16-14-22/h4-18H,19H2,1-3H3,(H,33,35). The Labute approximate surface area is 226 Å². The largest absolute Gasteiger partial charge is 0.455 e. The second-order valence-electron chi connectivity index (χ2n) is 9.32. The van der Waals surface area contributed by atoms with E-state index in [1.165, 1.54) is 29.7 Å². The number of hydrogen-bond donors (Lipinski definition) is 1. The Morgan fingerprint density at radius 2 is 1.59 bits per heavy atom. The summed E-state index contributed by atoms with van der Waals surface area (Å²) in [5.41, 5.74) is 4.79. The van der Waals surface area contributed by atoms with Crippen molar-refractivity contribution in [1.29, 1.82) is 0 Å². The average molecular weight is 543 g/mol. The number of carbonyl (C=O) groups is 1. The van der Waals surface area contributed by atoms with Crippen LogP contribution in [-0.4, -0.2) is 27.6 Å². The van der Waals surface area contributed by atoms with Crippen molar-refractivity contribution in [2.75, 3.05) is 17.6 Å². The van der Waals surface area contributed by atoms with Gasteiger partial charge in [-0.3, -0.25) is 9.10 Å². The number of amides is 1. The Morgan fingerprint density at radius 3 is 2.23 bits per heavy atom. The summed E-state index contributed by atoms with van der Waals surface area (Å²) in [6.45, 7) is 2.05. The molecule has 0 unspecified atom stereocenters. The summed E-state index contributed by atoms with van der Waals surface area (Å²) in [6.07, 6.45) is 1.17. The Balaban J connectivity index is 1.82. The highest BCUT2D eigenvalue weighted by molar-refractivity contribution is 7.92. The minimum Gasteiger partial charge on any atom is -0.455 e. The number of halogens is 1. The van der Waals surface area contributed by atoms with Crippen molar-refractivity contribution < 1.29 is 22.0 Å². The van der Waals surface area contributed by atoms with E-state index in [9.17, 15) is 17.6 Å². The summed E-state index contributed by atoms with van der Waals surface area (Å²) in [7, 11) is -2.22. The molecule has 5 rings (SSSR count). The predicted molar refractivity (Wildman–Crippen MR) is 153 cm³/mol. The third-order valence-electron chi connectivity index (χ3n) is 6.70. The fourth-order valence-corrected chi connectivity index (χ4v) is 5.55. The van der Waals surface area contributed by atoms with Crippen molar-refractivity contribution in [1.82, 2.24) is 5.32 Å². The molecule has 0 aliphatic heterocycles. The monoisotopic (exact) mass is 542 g/mol. The van der Waals surface area contributed by atoms with Gasteiger partial charge in [-0.25, -0.2) is 12.8 Å². The molecule has 0 saturated heterocycles. The number of benzene rings is 4. The van der Waals surface area contributed by atoms with E-state index in [2.05, 4.69) is 5.32 Å². The summed E-state index contributed by atoms with van der Waals surface area (Å²) >= 11 is 0. The van der Waals surface area contributed by atoms with Gasteiger partial charge < -0.3 is 9.73 Å². The molecule has 1 aromatic heterocycles. The molecule has 0 aliphatic carbocycles. The van der Waals surface area contributed by atoms with Crippen LogP contribution in [0, 0.1) is 12.7 Å². The number of furan rings is 1. The summed E-state index contributed by atoms with van der Waals surface area (Å²) in [5, 5.41) is 3.18. The maximum absolute atomic E-state index is 13.7. The van der Waals surface area contributed by atoms with Crippen molar-refractivity contribution in [2.45, 2.75) is 13.5 Å². The van der Waals surface area contributed by atoms with Crippen molar-refractivity contribution in [2.24, 2.45) is 0 Å². The first kappa shape index (κ1) is 26.2. The SMILES string of the molecule is CNC(=O)c1c(-c2ccc(F)cc2)oc2cc(N(Cc3ccccc3C)S(C)(=O)=O)c(-c3ccccc3)cc12. The van der Waals surface area contributed by atoms with Crippen LogP contribution >= 0.6 is 0 Å². The first-order chi connectivity index (χ1) is 18.7. The van der Waals surface area contributed by atoms with Crippen LogP contribution in [0.3, 0.4) is 0 Å². The third-order valence-corrected chi connectivity index (χ3v) is 7.82. The molecule has 0 atom stereocenters. The molecule has 0 spiro atoms. The molecule has 5 aromatic rings. The van der Waals surface area contributed by atoms with Crippen LogP contribution in [0.25, 0.3) is 33.4 Å². The maximum Gasteiger partial charge on any atom is 0.255 e. The third kappa shape index (κ3) is 5.15. The highest BCUT2D eigenvalue weighted by Crippen LogP contribution is 2.42. The van der Waals surface area contributed by atoms with Crippen LogP contribution in [0.1, 0.15) is 21.5 Å². The van der Waals surface area contributed by atoms with E-state index in [0.717, 1.165) is 16.7 Å². The zero-order valence-electron chi connectivity index (χ0n) is 21.7. The van der Waals surface area contributed by atoms with Crippen LogP contribution in [0.15, 0.2) is 95.4 Å². The van der Waals surface area contributed by atoms with Crippen LogP contribution in [-0.2, 0) is 16.6 Å². The summed E-state index contributed by atoms with van der Waals surface area (Å²) in [6, 6.07) is 26.1. The molecule has 6 nitrogen and oxygen atoms in total. The van der Waals surface area contributed by atoms with Crippen molar-refractivity contribution in [3.8, 4) is 22.5 Å². The number of carbonyl (C=O) groups excluding carboxylic acids is 1. The second-order valence-corrected chi connectivity index (χ2v) is 11.2. The lowest BCUT2D eigenvalue weighted by molar-refractivity contribution is 0.0964. The first-order valence-electron chi connectivity index (χ1n) is 12.3. The number of aryl methyl sites for hydroxylation is 1. The number of rotatable bonds is 7. The van der Waals surface area contributed by atoms with Gasteiger partial charge in [0.25, 0.3) is 5.91 Å². The van der Waals surface area contributed by atoms with Gasteiger partial charge in [0.15, 0.2) is 0 Å². The molecule has 4 aromatic carbocycles. The Bertz CT molecular complexity index is 1780. The highest BCUT2D eigenvalue weighted by Gasteiger charge is 2.27. The fourth-order valence-electron chi connectivity index (χ4n) is 4.67. The molecule has 0 radical (unpaired) electrons. The van der Waals surface area contributed by atoms with Gasteiger partial charge in [0.05, 0.1) is 24.1 Å². The Kier molecular flexibility index (Phi) is 6.97. The quantitative estimate of drug-likeness (QED) is 0.253. The molecular weight excluding hydrogens is 515 g/mol. The number of fused-ring (bicyclic) bond motifs is 1. The minimum atomic E-state index is -3.74. The lowest BCUT2D eigenvalue weighted by Gasteiger charge is -2.26. The van der Waals surface area contributed by atoms with Gasteiger partial charge in [-0.2, -0.15) is 0 Å². The molecule has 1 N–H and O–H groups in total. The smallest absolute Gasteiger partial charge is 0.255 e.